The van der Waals surface area contributed by atoms with Gasteiger partial charge in [-0.2, -0.15) is 0 Å². The van der Waals surface area contributed by atoms with Gasteiger partial charge in [-0.1, -0.05) is 68.5 Å². The predicted molar refractivity (Wildman–Crippen MR) is 89.3 cm³/mol. The zero-order chi connectivity index (χ0) is 15.1. The SMILES string of the molecule is CCCCCCCc1ccc(-c2ccc(Cl)cc2)c(F)c1. The van der Waals surface area contributed by atoms with E-state index in [0.717, 1.165) is 24.0 Å². The van der Waals surface area contributed by atoms with Crippen LogP contribution in [-0.4, -0.2) is 0 Å². The molecular weight excluding hydrogens is 283 g/mol. The molecule has 0 aromatic heterocycles. The maximum atomic E-state index is 14.2. The first-order valence-electron chi connectivity index (χ1n) is 7.75. The molecule has 0 spiro atoms. The van der Waals surface area contributed by atoms with Crippen LogP contribution in [0.3, 0.4) is 0 Å². The minimum atomic E-state index is -0.150. The highest BCUT2D eigenvalue weighted by Gasteiger charge is 2.06. The minimum Gasteiger partial charge on any atom is -0.206 e. The van der Waals surface area contributed by atoms with Crippen LogP contribution in [0, 0.1) is 5.82 Å². The first-order valence-corrected chi connectivity index (χ1v) is 8.13. The van der Waals surface area contributed by atoms with Crippen molar-refractivity contribution in [2.75, 3.05) is 0 Å². The van der Waals surface area contributed by atoms with Gasteiger partial charge in [0, 0.05) is 10.6 Å². The van der Waals surface area contributed by atoms with E-state index >= 15 is 0 Å². The number of hydrogen-bond donors (Lipinski definition) is 0. The van der Waals surface area contributed by atoms with E-state index in [1.807, 2.05) is 24.3 Å². The van der Waals surface area contributed by atoms with Crippen LogP contribution in [-0.2, 0) is 6.42 Å². The molecule has 0 unspecified atom stereocenters. The number of aryl methyl sites for hydroxylation is 1. The topological polar surface area (TPSA) is 0 Å². The molecule has 0 N–H and O–H groups in total. The van der Waals surface area contributed by atoms with Gasteiger partial charge >= 0.3 is 0 Å². The maximum absolute atomic E-state index is 14.2. The Labute approximate surface area is 132 Å². The van der Waals surface area contributed by atoms with Gasteiger partial charge in [0.05, 0.1) is 0 Å². The molecule has 0 radical (unpaired) electrons. The third-order valence-corrected chi connectivity index (χ3v) is 4.01. The zero-order valence-corrected chi connectivity index (χ0v) is 13.3. The summed E-state index contributed by atoms with van der Waals surface area (Å²) >= 11 is 5.86. The molecule has 0 amide bonds. The normalized spacial score (nSPS) is 10.8. The van der Waals surface area contributed by atoms with Crippen molar-refractivity contribution in [2.45, 2.75) is 45.4 Å². The third-order valence-electron chi connectivity index (χ3n) is 3.76. The molecular formula is C19H22ClF. The van der Waals surface area contributed by atoms with Crippen molar-refractivity contribution in [3.05, 3.63) is 58.9 Å². The summed E-state index contributed by atoms with van der Waals surface area (Å²) in [5, 5.41) is 0.669. The summed E-state index contributed by atoms with van der Waals surface area (Å²) in [7, 11) is 0. The molecule has 0 aliphatic heterocycles. The Morgan fingerprint density at radius 1 is 0.905 bits per heavy atom. The molecule has 0 saturated carbocycles. The fourth-order valence-corrected chi connectivity index (χ4v) is 2.64. The molecule has 2 aromatic carbocycles. The van der Waals surface area contributed by atoms with Gasteiger partial charge in [-0.25, -0.2) is 4.39 Å². The number of rotatable bonds is 7. The summed E-state index contributed by atoms with van der Waals surface area (Å²) in [5.74, 6) is -0.150. The Morgan fingerprint density at radius 3 is 2.29 bits per heavy atom. The standard InChI is InChI=1S/C19H22ClF/c1-2-3-4-5-6-7-15-8-13-18(19(21)14-15)16-9-11-17(20)12-10-16/h8-14H,2-7H2,1H3. The molecule has 0 heterocycles. The Kier molecular flexibility index (Phi) is 6.25. The van der Waals surface area contributed by atoms with E-state index in [9.17, 15) is 4.39 Å². The molecule has 2 rings (SSSR count). The Hall–Kier alpha value is -1.34. The second-order valence-electron chi connectivity index (χ2n) is 5.49. The van der Waals surface area contributed by atoms with Crippen LogP contribution >= 0.6 is 11.6 Å². The van der Waals surface area contributed by atoms with E-state index in [1.165, 1.54) is 25.7 Å². The van der Waals surface area contributed by atoms with Gasteiger partial charge in [0.15, 0.2) is 0 Å². The number of halogens is 2. The van der Waals surface area contributed by atoms with Crippen LogP contribution in [0.15, 0.2) is 42.5 Å². The molecule has 0 fully saturated rings. The summed E-state index contributed by atoms with van der Waals surface area (Å²) in [6.07, 6.45) is 7.16. The van der Waals surface area contributed by atoms with Gasteiger partial charge in [0.1, 0.15) is 5.82 Å². The summed E-state index contributed by atoms with van der Waals surface area (Å²) in [4.78, 5) is 0. The van der Waals surface area contributed by atoms with E-state index in [4.69, 9.17) is 11.6 Å². The van der Waals surface area contributed by atoms with E-state index in [2.05, 4.69) is 6.92 Å². The Morgan fingerprint density at radius 2 is 1.62 bits per heavy atom. The average Bonchev–Trinajstić information content (AvgIpc) is 2.48. The molecule has 112 valence electrons. The third kappa shape index (κ3) is 4.86. The number of hydrogen-bond acceptors (Lipinski definition) is 0. The van der Waals surface area contributed by atoms with Crippen molar-refractivity contribution >= 4 is 11.6 Å². The van der Waals surface area contributed by atoms with Crippen molar-refractivity contribution in [3.8, 4) is 11.1 Å². The second-order valence-corrected chi connectivity index (χ2v) is 5.92. The molecule has 0 nitrogen and oxygen atoms in total. The number of benzene rings is 2. The minimum absolute atomic E-state index is 0.150. The van der Waals surface area contributed by atoms with Crippen molar-refractivity contribution in [1.82, 2.24) is 0 Å². The first-order chi connectivity index (χ1) is 10.2. The lowest BCUT2D eigenvalue weighted by Crippen LogP contribution is -1.90. The monoisotopic (exact) mass is 304 g/mol. The Bertz CT molecular complexity index is 560. The van der Waals surface area contributed by atoms with Gasteiger partial charge in [0.2, 0.25) is 0 Å². The smallest absolute Gasteiger partial charge is 0.131 e. The molecule has 2 aromatic rings. The molecule has 0 bridgehead atoms. The fraction of sp³-hybridized carbons (Fsp3) is 0.368. The summed E-state index contributed by atoms with van der Waals surface area (Å²) in [5.41, 5.74) is 2.59. The van der Waals surface area contributed by atoms with Crippen molar-refractivity contribution < 1.29 is 4.39 Å². The van der Waals surface area contributed by atoms with Crippen LogP contribution in [0.1, 0.15) is 44.6 Å². The highest BCUT2D eigenvalue weighted by molar-refractivity contribution is 6.30. The summed E-state index contributed by atoms with van der Waals surface area (Å²) in [6.45, 7) is 2.21. The average molecular weight is 305 g/mol. The van der Waals surface area contributed by atoms with Crippen molar-refractivity contribution in [1.29, 1.82) is 0 Å². The maximum Gasteiger partial charge on any atom is 0.131 e. The zero-order valence-electron chi connectivity index (χ0n) is 12.5. The van der Waals surface area contributed by atoms with E-state index < -0.39 is 0 Å². The van der Waals surface area contributed by atoms with Crippen LogP contribution in [0.2, 0.25) is 5.02 Å². The highest BCUT2D eigenvalue weighted by atomic mass is 35.5. The van der Waals surface area contributed by atoms with Crippen LogP contribution in [0.5, 0.6) is 0 Å². The molecule has 0 aliphatic rings. The fourth-order valence-electron chi connectivity index (χ4n) is 2.51. The first kappa shape index (κ1) is 16.0. The van der Waals surface area contributed by atoms with E-state index in [1.54, 1.807) is 18.2 Å². The second kappa shape index (κ2) is 8.19. The molecule has 2 heteroatoms. The van der Waals surface area contributed by atoms with Gasteiger partial charge in [-0.15, -0.1) is 0 Å². The highest BCUT2D eigenvalue weighted by Crippen LogP contribution is 2.25. The lowest BCUT2D eigenvalue weighted by atomic mass is 10.0. The van der Waals surface area contributed by atoms with Crippen molar-refractivity contribution in [3.63, 3.8) is 0 Å². The predicted octanol–water partition coefficient (Wildman–Crippen LogP) is 6.66. The van der Waals surface area contributed by atoms with Crippen LogP contribution in [0.25, 0.3) is 11.1 Å². The molecule has 0 aliphatic carbocycles. The summed E-state index contributed by atoms with van der Waals surface area (Å²) in [6, 6.07) is 12.9. The molecule has 21 heavy (non-hydrogen) atoms. The molecule has 0 saturated heterocycles. The molecule has 0 atom stereocenters. The number of unbranched alkanes of at least 4 members (excludes halogenated alkanes) is 4. The summed E-state index contributed by atoms with van der Waals surface area (Å²) < 4.78 is 14.2. The quantitative estimate of drug-likeness (QED) is 0.502. The van der Waals surface area contributed by atoms with E-state index in [-0.39, 0.29) is 5.82 Å². The van der Waals surface area contributed by atoms with Crippen LogP contribution < -0.4 is 0 Å². The lowest BCUT2D eigenvalue weighted by Gasteiger charge is -2.07. The van der Waals surface area contributed by atoms with Gasteiger partial charge in [-0.05, 0) is 42.2 Å². The van der Waals surface area contributed by atoms with E-state index in [0.29, 0.717) is 10.6 Å². The van der Waals surface area contributed by atoms with Gasteiger partial charge < -0.3 is 0 Å². The Balaban J connectivity index is 1.99. The van der Waals surface area contributed by atoms with Gasteiger partial charge in [-0.3, -0.25) is 0 Å². The van der Waals surface area contributed by atoms with Crippen LogP contribution in [0.4, 0.5) is 4.39 Å². The van der Waals surface area contributed by atoms with Crippen molar-refractivity contribution in [2.24, 2.45) is 0 Å². The lowest BCUT2D eigenvalue weighted by molar-refractivity contribution is 0.618. The van der Waals surface area contributed by atoms with Gasteiger partial charge in [0.25, 0.3) is 0 Å². The largest absolute Gasteiger partial charge is 0.206 e.